The number of carbonyl (C=O) groups is 1. The van der Waals surface area contributed by atoms with Gasteiger partial charge in [0.1, 0.15) is 61.0 Å². The molecule has 16 nitrogen and oxygen atoms in total. The van der Waals surface area contributed by atoms with Gasteiger partial charge in [-0.15, -0.1) is 0 Å². The summed E-state index contributed by atoms with van der Waals surface area (Å²) < 4.78 is 36.7. The monoisotopic (exact) mass is 897 g/mol. The van der Waals surface area contributed by atoms with E-state index in [1.807, 2.05) is 0 Å². The molecular formula is C47H76O16. The molecule has 0 amide bonds. The number of allylic oxidation sites excluding steroid dienone is 2. The maximum Gasteiger partial charge on any atom is 0.310 e. The lowest BCUT2D eigenvalue weighted by atomic mass is 9.33. The number of ether oxygens (including phenoxy) is 6. The van der Waals surface area contributed by atoms with E-state index >= 15 is 0 Å². The summed E-state index contributed by atoms with van der Waals surface area (Å²) in [4.78, 5) is 13.1. The molecule has 22 atom stereocenters. The lowest BCUT2D eigenvalue weighted by Crippen LogP contribution is -2.67. The Morgan fingerprint density at radius 2 is 1.38 bits per heavy atom. The molecule has 3 saturated heterocycles. The van der Waals surface area contributed by atoms with Crippen LogP contribution in [0.5, 0.6) is 0 Å². The molecule has 0 spiro atoms. The van der Waals surface area contributed by atoms with Crippen LogP contribution in [0.4, 0.5) is 0 Å². The Hall–Kier alpha value is -1.35. The fraction of sp³-hybridized carbons (Fsp3) is 0.936. The molecule has 8 rings (SSSR count). The number of rotatable bonds is 8. The summed E-state index contributed by atoms with van der Waals surface area (Å²) in [6.07, 6.45) is -10.7. The fourth-order valence-electron chi connectivity index (χ4n) is 14.8. The van der Waals surface area contributed by atoms with Gasteiger partial charge in [0.2, 0.25) is 0 Å². The molecule has 0 aromatic carbocycles. The van der Waals surface area contributed by atoms with Crippen molar-refractivity contribution in [3.63, 3.8) is 0 Å². The highest BCUT2D eigenvalue weighted by Gasteiger charge is 2.70. The quantitative estimate of drug-likeness (QED) is 0.125. The van der Waals surface area contributed by atoms with Crippen LogP contribution in [-0.2, 0) is 33.2 Å². The first kappa shape index (κ1) is 48.1. The third kappa shape index (κ3) is 7.51. The van der Waals surface area contributed by atoms with Crippen molar-refractivity contribution in [1.29, 1.82) is 0 Å². The molecular weight excluding hydrogens is 821 g/mol. The lowest BCUT2D eigenvalue weighted by molar-refractivity contribution is -0.392. The van der Waals surface area contributed by atoms with E-state index in [1.165, 1.54) is 12.5 Å². The number of carboxylic acids is 1. The predicted octanol–water partition coefficient (Wildman–Crippen LogP) is 2.37. The molecule has 0 radical (unpaired) electrons. The maximum absolute atomic E-state index is 13.1. The average molecular weight is 897 g/mol. The molecule has 9 N–H and O–H groups in total. The standard InChI is InChI=1S/C47H76O16/c1-22-30(50)33(53)35(55)38(59-22)62-37-34(54)32(52)26(20-48)60-40(37)63-36-31(51)25(49)21-58-39(36)61-29-12-13-44(6)27(43(29,4)5)11-14-46(8)28(44)10-9-23-24-19-42(2,3)15-17-47(24,41(56)57)18-16-45(23,46)7/h9,22,24-40,48-55H,10-21H2,1-8H3,(H,56,57)/t22-,24-,25-,26+,27-,28+,29-,30-,31-,32+,33+,34-,35+,36+,37+,38-,39-,40-,44-,45+,46+,47-/m0/s1. The first-order chi connectivity index (χ1) is 29.4. The molecule has 4 saturated carbocycles. The number of carboxylic acid groups (broad SMARTS) is 1. The first-order valence-electron chi connectivity index (χ1n) is 23.6. The van der Waals surface area contributed by atoms with Gasteiger partial charge in [0.25, 0.3) is 0 Å². The van der Waals surface area contributed by atoms with Crippen molar-refractivity contribution in [2.24, 2.45) is 50.2 Å². The van der Waals surface area contributed by atoms with Crippen molar-refractivity contribution >= 4 is 5.97 Å². The number of fused-ring (bicyclic) bond motifs is 7. The number of aliphatic hydroxyl groups is 8. The van der Waals surface area contributed by atoms with Crippen molar-refractivity contribution in [3.8, 4) is 0 Å². The van der Waals surface area contributed by atoms with Crippen molar-refractivity contribution in [2.75, 3.05) is 13.2 Å². The van der Waals surface area contributed by atoms with E-state index in [0.717, 1.165) is 51.4 Å². The summed E-state index contributed by atoms with van der Waals surface area (Å²) in [5, 5.41) is 96.7. The minimum absolute atomic E-state index is 0.0300. The number of hydrogen-bond acceptors (Lipinski definition) is 15. The van der Waals surface area contributed by atoms with Crippen molar-refractivity contribution in [3.05, 3.63) is 11.6 Å². The van der Waals surface area contributed by atoms with Crippen molar-refractivity contribution in [2.45, 2.75) is 212 Å². The Balaban J connectivity index is 1.03. The van der Waals surface area contributed by atoms with Crippen LogP contribution in [0.3, 0.4) is 0 Å². The highest BCUT2D eigenvalue weighted by Crippen LogP contribution is 2.76. The predicted molar refractivity (Wildman–Crippen MR) is 223 cm³/mol. The van der Waals surface area contributed by atoms with Crippen LogP contribution in [0.15, 0.2) is 11.6 Å². The zero-order valence-corrected chi connectivity index (χ0v) is 38.3. The van der Waals surface area contributed by atoms with E-state index in [1.54, 1.807) is 0 Å². The van der Waals surface area contributed by atoms with Gasteiger partial charge >= 0.3 is 5.97 Å². The normalized spacial score (nSPS) is 54.1. The van der Waals surface area contributed by atoms with Crippen LogP contribution >= 0.6 is 0 Å². The summed E-state index contributed by atoms with van der Waals surface area (Å²) in [5.41, 5.74) is 0.124. The average Bonchev–Trinajstić information content (AvgIpc) is 3.21. The van der Waals surface area contributed by atoms with E-state index in [4.69, 9.17) is 28.4 Å². The highest BCUT2D eigenvalue weighted by molar-refractivity contribution is 5.76. The van der Waals surface area contributed by atoms with Crippen LogP contribution in [0.25, 0.3) is 0 Å². The fourth-order valence-corrected chi connectivity index (χ4v) is 14.8. The van der Waals surface area contributed by atoms with Crippen molar-refractivity contribution < 1.29 is 79.2 Å². The molecule has 360 valence electrons. The minimum atomic E-state index is -1.79. The van der Waals surface area contributed by atoms with Crippen LogP contribution in [0.1, 0.15) is 120 Å². The largest absolute Gasteiger partial charge is 0.481 e. The smallest absolute Gasteiger partial charge is 0.310 e. The first-order valence-corrected chi connectivity index (χ1v) is 23.6. The van der Waals surface area contributed by atoms with Gasteiger partial charge in [0.05, 0.1) is 30.8 Å². The van der Waals surface area contributed by atoms with Gasteiger partial charge in [-0.2, -0.15) is 0 Å². The Bertz CT molecular complexity index is 1720. The molecule has 0 aromatic heterocycles. The summed E-state index contributed by atoms with van der Waals surface area (Å²) in [6.45, 7) is 16.9. The summed E-state index contributed by atoms with van der Waals surface area (Å²) in [5.74, 6) is -0.0241. The maximum atomic E-state index is 13.1. The van der Waals surface area contributed by atoms with E-state index < -0.39 is 109 Å². The number of aliphatic hydroxyl groups excluding tert-OH is 8. The Labute approximate surface area is 371 Å². The Morgan fingerprint density at radius 3 is 2.06 bits per heavy atom. The van der Waals surface area contributed by atoms with Gasteiger partial charge in [0, 0.05) is 0 Å². The van der Waals surface area contributed by atoms with Gasteiger partial charge in [-0.3, -0.25) is 4.79 Å². The summed E-state index contributed by atoms with van der Waals surface area (Å²) in [6, 6.07) is 0. The van der Waals surface area contributed by atoms with Gasteiger partial charge in [-0.1, -0.05) is 60.1 Å². The zero-order chi connectivity index (χ0) is 46.0. The second-order valence-corrected chi connectivity index (χ2v) is 23.0. The Kier molecular flexibility index (Phi) is 12.8. The van der Waals surface area contributed by atoms with Crippen LogP contribution < -0.4 is 0 Å². The molecule has 8 aliphatic rings. The van der Waals surface area contributed by atoms with Crippen LogP contribution in [0, 0.1) is 50.2 Å². The topological polar surface area (TPSA) is 255 Å². The lowest BCUT2D eigenvalue weighted by Gasteiger charge is -2.71. The van der Waals surface area contributed by atoms with E-state index in [9.17, 15) is 50.8 Å². The van der Waals surface area contributed by atoms with Crippen LogP contribution in [0.2, 0.25) is 0 Å². The molecule has 0 unspecified atom stereocenters. The van der Waals surface area contributed by atoms with E-state index in [2.05, 4.69) is 54.5 Å². The molecule has 63 heavy (non-hydrogen) atoms. The number of aliphatic carboxylic acids is 1. The third-order valence-corrected chi connectivity index (χ3v) is 18.9. The molecule has 0 bridgehead atoms. The van der Waals surface area contributed by atoms with E-state index in [-0.39, 0.29) is 46.2 Å². The number of hydrogen-bond donors (Lipinski definition) is 9. The highest BCUT2D eigenvalue weighted by atomic mass is 16.8. The summed E-state index contributed by atoms with van der Waals surface area (Å²) >= 11 is 0. The zero-order valence-electron chi connectivity index (χ0n) is 38.3. The van der Waals surface area contributed by atoms with E-state index in [0.29, 0.717) is 18.8 Å². The van der Waals surface area contributed by atoms with Gasteiger partial charge < -0.3 is 74.4 Å². The SMILES string of the molecule is C[C@@H]1O[C@@H](O[C@H]2[C@H](O[C@H]3[C@H](O[C@H]4CC[C@]5(C)[C@H]6CC=C7[C@@H]8CC(C)(C)CC[C@]8(C(=O)O)CC[C@@]7(C)[C@]6(C)CC[C@H]5C4(C)C)OC[C@H](O)[C@@H]3O)O[C@H](CO)[C@@H](O)[C@@H]2O)[C@H](O)[C@H](O)[C@H]1O. The molecule has 0 aromatic rings. The molecule has 7 fully saturated rings. The van der Waals surface area contributed by atoms with Crippen molar-refractivity contribution in [1.82, 2.24) is 0 Å². The summed E-state index contributed by atoms with van der Waals surface area (Å²) in [7, 11) is 0. The second-order valence-electron chi connectivity index (χ2n) is 23.0. The van der Waals surface area contributed by atoms with Gasteiger partial charge in [-0.05, 0) is 116 Å². The van der Waals surface area contributed by atoms with Crippen LogP contribution in [-0.4, -0.2) is 157 Å². The minimum Gasteiger partial charge on any atom is -0.481 e. The molecule has 16 heteroatoms. The Morgan fingerprint density at radius 1 is 0.714 bits per heavy atom. The molecule has 5 aliphatic carbocycles. The van der Waals surface area contributed by atoms with Gasteiger partial charge in [-0.25, -0.2) is 0 Å². The second kappa shape index (κ2) is 16.7. The molecule has 3 heterocycles. The van der Waals surface area contributed by atoms with Gasteiger partial charge in [0.15, 0.2) is 18.9 Å². The molecule has 3 aliphatic heterocycles. The third-order valence-electron chi connectivity index (χ3n) is 18.9.